The summed E-state index contributed by atoms with van der Waals surface area (Å²) < 4.78 is 2.17. The Kier molecular flexibility index (Phi) is 4.68. The lowest BCUT2D eigenvalue weighted by atomic mass is 10.1. The Morgan fingerprint density at radius 2 is 1.70 bits per heavy atom. The van der Waals surface area contributed by atoms with Crippen molar-refractivity contribution < 1.29 is 0 Å². The second-order valence-corrected chi connectivity index (χ2v) is 8.04. The van der Waals surface area contributed by atoms with Crippen molar-refractivity contribution in [1.82, 2.24) is 19.4 Å². The Labute approximate surface area is 161 Å². The second-order valence-electron chi connectivity index (χ2n) is 8.04. The Morgan fingerprint density at radius 1 is 0.889 bits per heavy atom. The van der Waals surface area contributed by atoms with E-state index < -0.39 is 0 Å². The molecule has 1 aromatic heterocycles. The van der Waals surface area contributed by atoms with Crippen LogP contribution in [-0.2, 0) is 6.54 Å². The van der Waals surface area contributed by atoms with E-state index in [0.29, 0.717) is 0 Å². The summed E-state index contributed by atoms with van der Waals surface area (Å²) in [7, 11) is 0. The van der Waals surface area contributed by atoms with Crippen LogP contribution < -0.4 is 0 Å². The zero-order valence-corrected chi connectivity index (χ0v) is 15.9. The minimum Gasteiger partial charge on any atom is -0.299 e. The van der Waals surface area contributed by atoms with Gasteiger partial charge in [-0.3, -0.25) is 14.4 Å². The molecule has 3 heterocycles. The lowest BCUT2D eigenvalue weighted by molar-refractivity contribution is 0.161. The summed E-state index contributed by atoms with van der Waals surface area (Å²) in [6.45, 7) is 6.15. The van der Waals surface area contributed by atoms with Gasteiger partial charge in [0.1, 0.15) is 6.33 Å². The zero-order valence-electron chi connectivity index (χ0n) is 15.9. The topological polar surface area (TPSA) is 24.3 Å². The van der Waals surface area contributed by atoms with Crippen molar-refractivity contribution in [2.24, 2.45) is 0 Å². The van der Waals surface area contributed by atoms with Gasteiger partial charge in [0.05, 0.1) is 11.0 Å². The predicted molar refractivity (Wildman–Crippen MR) is 110 cm³/mol. The van der Waals surface area contributed by atoms with Gasteiger partial charge < -0.3 is 0 Å². The third-order valence-electron chi connectivity index (χ3n) is 6.23. The first kappa shape index (κ1) is 17.0. The van der Waals surface area contributed by atoms with Crippen LogP contribution in [0.15, 0.2) is 54.9 Å². The van der Waals surface area contributed by atoms with Gasteiger partial charge in [0.25, 0.3) is 0 Å². The summed E-state index contributed by atoms with van der Waals surface area (Å²) in [5.74, 6) is 0. The molecule has 2 aromatic carbocycles. The van der Waals surface area contributed by atoms with E-state index in [9.17, 15) is 0 Å². The average molecular weight is 361 g/mol. The first-order chi connectivity index (χ1) is 13.4. The number of hydrogen-bond donors (Lipinski definition) is 0. The van der Waals surface area contributed by atoms with Crippen LogP contribution in [0.25, 0.3) is 16.7 Å². The van der Waals surface area contributed by atoms with Gasteiger partial charge in [-0.25, -0.2) is 4.98 Å². The van der Waals surface area contributed by atoms with Gasteiger partial charge in [0.15, 0.2) is 0 Å². The molecule has 0 spiro atoms. The molecule has 3 aromatic rings. The van der Waals surface area contributed by atoms with Crippen LogP contribution >= 0.6 is 0 Å². The molecule has 2 aliphatic rings. The molecule has 0 bridgehead atoms. The number of rotatable bonds is 4. The van der Waals surface area contributed by atoms with Crippen LogP contribution in [-0.4, -0.2) is 51.6 Å². The maximum Gasteiger partial charge on any atom is 0.100 e. The molecule has 2 saturated heterocycles. The molecule has 1 atom stereocenters. The molecular weight excluding hydrogens is 332 g/mol. The first-order valence-corrected chi connectivity index (χ1v) is 10.3. The molecule has 140 valence electrons. The summed E-state index contributed by atoms with van der Waals surface area (Å²) in [5, 5.41) is 0. The minimum absolute atomic E-state index is 0.780. The van der Waals surface area contributed by atoms with Gasteiger partial charge in [-0.2, -0.15) is 0 Å². The third kappa shape index (κ3) is 3.52. The zero-order chi connectivity index (χ0) is 18.1. The fourth-order valence-electron chi connectivity index (χ4n) is 4.72. The number of benzene rings is 2. The van der Waals surface area contributed by atoms with Crippen LogP contribution in [0.1, 0.15) is 31.2 Å². The summed E-state index contributed by atoms with van der Waals surface area (Å²) in [6, 6.07) is 18.1. The number of likely N-dealkylation sites (tertiary alicyclic amines) is 2. The van der Waals surface area contributed by atoms with Gasteiger partial charge in [0, 0.05) is 31.4 Å². The van der Waals surface area contributed by atoms with Crippen molar-refractivity contribution in [2.45, 2.75) is 38.3 Å². The van der Waals surface area contributed by atoms with E-state index in [1.807, 2.05) is 12.4 Å². The van der Waals surface area contributed by atoms with E-state index in [2.05, 4.69) is 61.8 Å². The van der Waals surface area contributed by atoms with E-state index in [4.69, 9.17) is 0 Å². The highest BCUT2D eigenvalue weighted by Gasteiger charge is 2.28. The molecule has 0 unspecified atom stereocenters. The SMILES string of the molecule is c1ccc2c(c1)ncn2-c1ccc(CN2CC[C@H](N3CCCCC3)C2)cc1. The molecule has 27 heavy (non-hydrogen) atoms. The molecule has 0 amide bonds. The number of imidazole rings is 1. The van der Waals surface area contributed by atoms with E-state index in [1.165, 1.54) is 63.1 Å². The Hall–Kier alpha value is -2.17. The lowest BCUT2D eigenvalue weighted by Crippen LogP contribution is -2.40. The molecule has 2 fully saturated rings. The molecule has 4 heteroatoms. The smallest absolute Gasteiger partial charge is 0.100 e. The number of para-hydroxylation sites is 2. The lowest BCUT2D eigenvalue weighted by Gasteiger charge is -2.32. The first-order valence-electron chi connectivity index (χ1n) is 10.3. The largest absolute Gasteiger partial charge is 0.299 e. The monoisotopic (exact) mass is 360 g/mol. The van der Waals surface area contributed by atoms with Crippen LogP contribution in [0.3, 0.4) is 0 Å². The van der Waals surface area contributed by atoms with Gasteiger partial charge >= 0.3 is 0 Å². The highest BCUT2D eigenvalue weighted by molar-refractivity contribution is 5.77. The predicted octanol–water partition coefficient (Wildman–Crippen LogP) is 4.09. The average Bonchev–Trinajstić information content (AvgIpc) is 3.37. The van der Waals surface area contributed by atoms with Crippen LogP contribution in [0.4, 0.5) is 0 Å². The highest BCUT2D eigenvalue weighted by atomic mass is 15.3. The van der Waals surface area contributed by atoms with Gasteiger partial charge in [-0.1, -0.05) is 30.7 Å². The third-order valence-corrected chi connectivity index (χ3v) is 6.23. The fraction of sp³-hybridized carbons (Fsp3) is 0.435. The minimum atomic E-state index is 0.780. The van der Waals surface area contributed by atoms with Crippen molar-refractivity contribution in [2.75, 3.05) is 26.2 Å². The maximum atomic E-state index is 4.50. The standard InChI is InChI=1S/C23H28N4/c1-4-13-26(14-5-1)21-12-15-25(17-21)16-19-8-10-20(11-9-19)27-18-24-22-6-2-3-7-23(22)27/h2-3,6-11,18,21H,1,4-5,12-17H2/t21-/m0/s1. The van der Waals surface area contributed by atoms with Gasteiger partial charge in [0.2, 0.25) is 0 Å². The molecule has 0 N–H and O–H groups in total. The number of fused-ring (bicyclic) bond motifs is 1. The molecule has 0 aliphatic carbocycles. The molecule has 5 rings (SSSR count). The summed E-state index contributed by atoms with van der Waals surface area (Å²) in [4.78, 5) is 9.86. The molecule has 0 radical (unpaired) electrons. The van der Waals surface area contributed by atoms with Crippen LogP contribution in [0, 0.1) is 0 Å². The van der Waals surface area contributed by atoms with Crippen molar-refractivity contribution in [3.63, 3.8) is 0 Å². The van der Waals surface area contributed by atoms with E-state index in [0.717, 1.165) is 23.6 Å². The normalized spacial score (nSPS) is 21.9. The molecule has 0 saturated carbocycles. The Morgan fingerprint density at radius 3 is 2.56 bits per heavy atom. The van der Waals surface area contributed by atoms with E-state index in [-0.39, 0.29) is 0 Å². The van der Waals surface area contributed by atoms with Crippen molar-refractivity contribution >= 4 is 11.0 Å². The number of nitrogens with zero attached hydrogens (tertiary/aromatic N) is 4. The number of hydrogen-bond acceptors (Lipinski definition) is 3. The van der Waals surface area contributed by atoms with E-state index >= 15 is 0 Å². The number of aromatic nitrogens is 2. The van der Waals surface area contributed by atoms with Crippen LogP contribution in [0.5, 0.6) is 0 Å². The highest BCUT2D eigenvalue weighted by Crippen LogP contribution is 2.23. The van der Waals surface area contributed by atoms with Gasteiger partial charge in [-0.15, -0.1) is 0 Å². The second kappa shape index (κ2) is 7.45. The summed E-state index contributed by atoms with van der Waals surface area (Å²) >= 11 is 0. The summed E-state index contributed by atoms with van der Waals surface area (Å²) in [5.41, 5.74) is 4.79. The van der Waals surface area contributed by atoms with E-state index in [1.54, 1.807) is 0 Å². The van der Waals surface area contributed by atoms with Crippen molar-refractivity contribution in [3.8, 4) is 5.69 Å². The van der Waals surface area contributed by atoms with Crippen molar-refractivity contribution in [1.29, 1.82) is 0 Å². The van der Waals surface area contributed by atoms with Gasteiger partial charge in [-0.05, 0) is 62.2 Å². The van der Waals surface area contributed by atoms with Crippen LogP contribution in [0.2, 0.25) is 0 Å². The summed E-state index contributed by atoms with van der Waals surface area (Å²) in [6.07, 6.45) is 7.45. The molecule has 4 nitrogen and oxygen atoms in total. The van der Waals surface area contributed by atoms with Crippen molar-refractivity contribution in [3.05, 3.63) is 60.4 Å². The molecular formula is C23H28N4. The Bertz CT molecular complexity index is 892. The maximum absolute atomic E-state index is 4.50. The quantitative estimate of drug-likeness (QED) is 0.700. The number of piperidine rings is 1. The molecule has 2 aliphatic heterocycles. The Balaban J connectivity index is 1.25. The fourth-order valence-corrected chi connectivity index (χ4v) is 4.72.